The van der Waals surface area contributed by atoms with Crippen molar-refractivity contribution in [2.24, 2.45) is 0 Å². The van der Waals surface area contributed by atoms with Crippen molar-refractivity contribution in [3.8, 4) is 0 Å². The quantitative estimate of drug-likeness (QED) is 0.391. The number of sulfonamides is 1. The van der Waals surface area contributed by atoms with Crippen LogP contribution in [-0.2, 0) is 16.6 Å². The molecule has 11 heteroatoms. The summed E-state index contributed by atoms with van der Waals surface area (Å²) in [5, 5.41) is 7.82. The molecular formula is C23H22BrFN6O2S. The van der Waals surface area contributed by atoms with Gasteiger partial charge < -0.3 is 5.32 Å². The summed E-state index contributed by atoms with van der Waals surface area (Å²) in [6, 6.07) is 11.3. The van der Waals surface area contributed by atoms with Crippen LogP contribution in [0.4, 0.5) is 10.2 Å². The average Bonchev–Trinajstić information content (AvgIpc) is 3.24. The van der Waals surface area contributed by atoms with Gasteiger partial charge in [-0.05, 0) is 52.5 Å². The Morgan fingerprint density at radius 3 is 2.65 bits per heavy atom. The number of benzene rings is 1. The lowest BCUT2D eigenvalue weighted by Crippen LogP contribution is -2.38. The van der Waals surface area contributed by atoms with Gasteiger partial charge in [0.2, 0.25) is 10.0 Å². The van der Waals surface area contributed by atoms with E-state index in [9.17, 15) is 12.8 Å². The van der Waals surface area contributed by atoms with E-state index in [1.54, 1.807) is 23.1 Å². The number of hydrogen-bond acceptors (Lipinski definition) is 6. The minimum Gasteiger partial charge on any atom is -0.366 e. The fourth-order valence-corrected chi connectivity index (χ4v) is 6.05. The molecule has 0 saturated carbocycles. The van der Waals surface area contributed by atoms with Crippen LogP contribution < -0.4 is 5.32 Å². The van der Waals surface area contributed by atoms with E-state index in [2.05, 4.69) is 31.3 Å². The van der Waals surface area contributed by atoms with Gasteiger partial charge in [0.15, 0.2) is 5.65 Å². The Balaban J connectivity index is 1.37. The summed E-state index contributed by atoms with van der Waals surface area (Å²) in [5.41, 5.74) is 2.59. The molecule has 0 spiro atoms. The molecule has 5 rings (SSSR count). The van der Waals surface area contributed by atoms with Gasteiger partial charge in [0.25, 0.3) is 0 Å². The molecule has 0 aliphatic carbocycles. The molecule has 34 heavy (non-hydrogen) atoms. The summed E-state index contributed by atoms with van der Waals surface area (Å²) in [6.45, 7) is 1.17. The van der Waals surface area contributed by atoms with Crippen LogP contribution in [0.15, 0.2) is 70.4 Å². The Labute approximate surface area is 205 Å². The van der Waals surface area contributed by atoms with Gasteiger partial charge in [-0.2, -0.15) is 13.9 Å². The maximum absolute atomic E-state index is 14.1. The molecular weight excluding hydrogens is 523 g/mol. The summed E-state index contributed by atoms with van der Waals surface area (Å²) in [7, 11) is -3.88. The van der Waals surface area contributed by atoms with Crippen LogP contribution in [0, 0.1) is 5.82 Å². The second-order valence-corrected chi connectivity index (χ2v) is 10.9. The zero-order valence-electron chi connectivity index (χ0n) is 18.1. The Bertz CT molecular complexity index is 1420. The minimum absolute atomic E-state index is 0.0674. The molecule has 0 atom stereocenters. The molecule has 0 radical (unpaired) electrons. The number of piperidine rings is 1. The number of nitrogens with zero attached hydrogens (tertiary/aromatic N) is 5. The third-order valence-electron chi connectivity index (χ3n) is 5.97. The van der Waals surface area contributed by atoms with Crippen LogP contribution in [0.1, 0.15) is 30.0 Å². The van der Waals surface area contributed by atoms with Gasteiger partial charge in [0, 0.05) is 49.7 Å². The Kier molecular flexibility index (Phi) is 6.32. The van der Waals surface area contributed by atoms with Crippen LogP contribution in [0.3, 0.4) is 0 Å². The van der Waals surface area contributed by atoms with Crippen molar-refractivity contribution in [2.45, 2.75) is 30.2 Å². The predicted molar refractivity (Wildman–Crippen MR) is 129 cm³/mol. The van der Waals surface area contributed by atoms with E-state index >= 15 is 0 Å². The van der Waals surface area contributed by atoms with Gasteiger partial charge in [0.05, 0.1) is 10.7 Å². The smallest absolute Gasteiger partial charge is 0.245 e. The monoisotopic (exact) mass is 544 g/mol. The van der Waals surface area contributed by atoms with Gasteiger partial charge in [0.1, 0.15) is 16.5 Å². The Morgan fingerprint density at radius 1 is 1.12 bits per heavy atom. The maximum atomic E-state index is 14.1. The highest BCUT2D eigenvalue weighted by Gasteiger charge is 2.32. The average molecular weight is 545 g/mol. The van der Waals surface area contributed by atoms with Crippen molar-refractivity contribution >= 4 is 37.4 Å². The van der Waals surface area contributed by atoms with E-state index in [1.807, 2.05) is 18.2 Å². The molecule has 4 heterocycles. The van der Waals surface area contributed by atoms with Crippen molar-refractivity contribution in [1.82, 2.24) is 23.9 Å². The molecule has 8 nitrogen and oxygen atoms in total. The van der Waals surface area contributed by atoms with Crippen molar-refractivity contribution in [3.05, 3.63) is 82.6 Å². The SMILES string of the molecule is O=S(=O)(c1ccccc1F)N1CCC(c2cc(NCc3cccnc3)n3ncc(Br)c3n2)CC1. The van der Waals surface area contributed by atoms with E-state index in [0.29, 0.717) is 38.1 Å². The van der Waals surface area contributed by atoms with E-state index in [-0.39, 0.29) is 10.8 Å². The third-order valence-corrected chi connectivity index (χ3v) is 8.46. The summed E-state index contributed by atoms with van der Waals surface area (Å²) < 4.78 is 43.9. The molecule has 0 amide bonds. The van der Waals surface area contributed by atoms with Gasteiger partial charge in [-0.3, -0.25) is 4.98 Å². The van der Waals surface area contributed by atoms with Crippen molar-refractivity contribution in [1.29, 1.82) is 0 Å². The lowest BCUT2D eigenvalue weighted by molar-refractivity contribution is 0.315. The highest BCUT2D eigenvalue weighted by Crippen LogP contribution is 2.33. The van der Waals surface area contributed by atoms with Crippen molar-refractivity contribution in [3.63, 3.8) is 0 Å². The van der Waals surface area contributed by atoms with Crippen LogP contribution in [0.25, 0.3) is 5.65 Å². The minimum atomic E-state index is -3.88. The molecule has 0 unspecified atom stereocenters. The van der Waals surface area contributed by atoms with E-state index in [0.717, 1.165) is 21.5 Å². The molecule has 1 N–H and O–H groups in total. The van der Waals surface area contributed by atoms with Crippen molar-refractivity contribution in [2.75, 3.05) is 18.4 Å². The van der Waals surface area contributed by atoms with E-state index in [4.69, 9.17) is 4.98 Å². The number of aromatic nitrogens is 4. The molecule has 3 aromatic heterocycles. The summed E-state index contributed by atoms with van der Waals surface area (Å²) in [5.74, 6) is 0.125. The van der Waals surface area contributed by atoms with Gasteiger partial charge >= 0.3 is 0 Å². The highest BCUT2D eigenvalue weighted by atomic mass is 79.9. The van der Waals surface area contributed by atoms with Crippen LogP contribution in [-0.4, -0.2) is 45.4 Å². The van der Waals surface area contributed by atoms with Gasteiger partial charge in [-0.1, -0.05) is 18.2 Å². The normalized spacial score (nSPS) is 15.6. The first-order valence-electron chi connectivity index (χ1n) is 10.8. The molecule has 0 bridgehead atoms. The molecule has 1 aliphatic heterocycles. The fourth-order valence-electron chi connectivity index (χ4n) is 4.17. The summed E-state index contributed by atoms with van der Waals surface area (Å²) in [4.78, 5) is 8.68. The first-order valence-corrected chi connectivity index (χ1v) is 13.1. The number of rotatable bonds is 6. The number of fused-ring (bicyclic) bond motifs is 1. The van der Waals surface area contributed by atoms with E-state index in [1.165, 1.54) is 28.6 Å². The zero-order chi connectivity index (χ0) is 23.7. The standard InChI is InChI=1S/C23H22BrFN6O2S/c24-18-15-28-31-22(27-14-16-4-3-9-26-13-16)12-20(29-23(18)31)17-7-10-30(11-8-17)34(32,33)21-6-2-1-5-19(21)25/h1-6,9,12-13,15,17,27H,7-8,10-11,14H2. The molecule has 1 aromatic carbocycles. The highest BCUT2D eigenvalue weighted by molar-refractivity contribution is 9.10. The van der Waals surface area contributed by atoms with Crippen LogP contribution in [0.2, 0.25) is 0 Å². The number of pyridine rings is 1. The van der Waals surface area contributed by atoms with Gasteiger partial charge in [-0.15, -0.1) is 0 Å². The van der Waals surface area contributed by atoms with E-state index < -0.39 is 15.8 Å². The topological polar surface area (TPSA) is 92.5 Å². The summed E-state index contributed by atoms with van der Waals surface area (Å²) >= 11 is 3.52. The second kappa shape index (κ2) is 9.40. The largest absolute Gasteiger partial charge is 0.366 e. The zero-order valence-corrected chi connectivity index (χ0v) is 20.5. The number of hydrogen-bond donors (Lipinski definition) is 1. The first-order chi connectivity index (χ1) is 16.4. The Morgan fingerprint density at radius 2 is 1.91 bits per heavy atom. The second-order valence-electron chi connectivity index (χ2n) is 8.12. The molecule has 1 aliphatic rings. The van der Waals surface area contributed by atoms with Crippen LogP contribution >= 0.6 is 15.9 Å². The van der Waals surface area contributed by atoms with Crippen LogP contribution in [0.5, 0.6) is 0 Å². The lowest BCUT2D eigenvalue weighted by Gasteiger charge is -2.31. The van der Waals surface area contributed by atoms with Crippen molar-refractivity contribution < 1.29 is 12.8 Å². The maximum Gasteiger partial charge on any atom is 0.245 e. The molecule has 1 fully saturated rings. The number of anilines is 1. The number of halogens is 2. The predicted octanol–water partition coefficient (Wildman–Crippen LogP) is 4.21. The molecule has 1 saturated heterocycles. The lowest BCUT2D eigenvalue weighted by atomic mass is 9.94. The molecule has 4 aromatic rings. The Hall–Kier alpha value is -2.89. The summed E-state index contributed by atoms with van der Waals surface area (Å²) in [6.07, 6.45) is 6.41. The fraction of sp³-hybridized carbons (Fsp3) is 0.261. The third kappa shape index (κ3) is 4.42. The molecule has 176 valence electrons. The van der Waals surface area contributed by atoms with Gasteiger partial charge in [-0.25, -0.2) is 17.8 Å². The number of nitrogens with one attached hydrogen (secondary N) is 1. The first kappa shape index (κ1) is 22.9.